The van der Waals surface area contributed by atoms with Crippen LogP contribution in [0.5, 0.6) is 11.6 Å². The Morgan fingerprint density at radius 2 is 1.83 bits per heavy atom. The lowest BCUT2D eigenvalue weighted by Gasteiger charge is -2.13. The molecule has 0 radical (unpaired) electrons. The van der Waals surface area contributed by atoms with Gasteiger partial charge in [-0.1, -0.05) is 13.0 Å². The van der Waals surface area contributed by atoms with Crippen molar-refractivity contribution < 1.29 is 22.7 Å². The molecule has 1 amide bonds. The van der Waals surface area contributed by atoms with Gasteiger partial charge in [-0.2, -0.15) is 13.2 Å². The summed E-state index contributed by atoms with van der Waals surface area (Å²) >= 11 is 0. The third-order valence-electron chi connectivity index (χ3n) is 5.18. The van der Waals surface area contributed by atoms with Gasteiger partial charge >= 0.3 is 6.18 Å². The summed E-state index contributed by atoms with van der Waals surface area (Å²) in [6, 6.07) is 14.7. The summed E-state index contributed by atoms with van der Waals surface area (Å²) in [5.41, 5.74) is 1.52. The highest BCUT2D eigenvalue weighted by atomic mass is 19.4. The molecular formula is C26H21F3N4O2. The number of carbonyl (C=O) groups is 1. The zero-order chi connectivity index (χ0) is 25.0. The highest BCUT2D eigenvalue weighted by Crippen LogP contribution is 2.32. The number of rotatable bonds is 6. The number of ether oxygens (including phenoxy) is 1. The Hall–Kier alpha value is -4.27. The number of alkyl halides is 3. The maximum absolute atomic E-state index is 13.0. The van der Waals surface area contributed by atoms with Crippen molar-refractivity contribution in [2.45, 2.75) is 26.4 Å². The maximum Gasteiger partial charge on any atom is 0.416 e. The van der Waals surface area contributed by atoms with Gasteiger partial charge in [0, 0.05) is 30.1 Å². The number of nitrogens with zero attached hydrogens (tertiary/aromatic N) is 3. The molecule has 2 heterocycles. The molecule has 6 nitrogen and oxygen atoms in total. The Balaban J connectivity index is 1.54. The zero-order valence-electron chi connectivity index (χ0n) is 18.9. The van der Waals surface area contributed by atoms with Crippen LogP contribution >= 0.6 is 0 Å². The fraction of sp³-hybridized carbons (Fsp3) is 0.154. The lowest BCUT2D eigenvalue weighted by molar-refractivity contribution is -0.137. The number of halogens is 3. The number of anilines is 1. The largest absolute Gasteiger partial charge is 0.438 e. The van der Waals surface area contributed by atoms with E-state index in [1.54, 1.807) is 49.6 Å². The molecule has 0 aliphatic carbocycles. The molecule has 9 heteroatoms. The first-order valence-corrected chi connectivity index (χ1v) is 10.8. The van der Waals surface area contributed by atoms with Gasteiger partial charge in [0.15, 0.2) is 0 Å². The smallest absolute Gasteiger partial charge is 0.416 e. The van der Waals surface area contributed by atoms with Gasteiger partial charge in [0.25, 0.3) is 5.91 Å². The van der Waals surface area contributed by atoms with Crippen LogP contribution in [0, 0.1) is 6.92 Å². The molecule has 0 aliphatic heterocycles. The van der Waals surface area contributed by atoms with Gasteiger partial charge in [-0.3, -0.25) is 4.79 Å². The van der Waals surface area contributed by atoms with Crippen LogP contribution in [-0.4, -0.2) is 20.9 Å². The molecule has 0 bridgehead atoms. The number of benzene rings is 2. The molecule has 178 valence electrons. The Labute approximate surface area is 199 Å². The van der Waals surface area contributed by atoms with Crippen LogP contribution in [0.25, 0.3) is 11.3 Å². The van der Waals surface area contributed by atoms with E-state index in [9.17, 15) is 18.0 Å². The van der Waals surface area contributed by atoms with Crippen molar-refractivity contribution in [3.63, 3.8) is 0 Å². The van der Waals surface area contributed by atoms with E-state index in [0.29, 0.717) is 46.4 Å². The number of pyridine rings is 1. The van der Waals surface area contributed by atoms with E-state index in [1.165, 1.54) is 12.1 Å². The number of aromatic nitrogens is 3. The first-order chi connectivity index (χ1) is 16.7. The van der Waals surface area contributed by atoms with Crippen LogP contribution in [0.3, 0.4) is 0 Å². The van der Waals surface area contributed by atoms with E-state index in [0.717, 1.165) is 12.1 Å². The van der Waals surface area contributed by atoms with Crippen LogP contribution in [-0.2, 0) is 12.6 Å². The van der Waals surface area contributed by atoms with Crippen LogP contribution in [0.1, 0.15) is 34.2 Å². The van der Waals surface area contributed by atoms with Crippen LogP contribution in [0.2, 0.25) is 0 Å². The summed E-state index contributed by atoms with van der Waals surface area (Å²) in [6.45, 7) is 3.72. The predicted molar refractivity (Wildman–Crippen MR) is 125 cm³/mol. The summed E-state index contributed by atoms with van der Waals surface area (Å²) in [5, 5.41) is 2.65. The van der Waals surface area contributed by atoms with Crippen molar-refractivity contribution in [2.24, 2.45) is 0 Å². The third-order valence-corrected chi connectivity index (χ3v) is 5.18. The van der Waals surface area contributed by atoms with E-state index >= 15 is 0 Å². The number of nitrogens with one attached hydrogen (secondary N) is 1. The normalized spacial score (nSPS) is 11.2. The van der Waals surface area contributed by atoms with Crippen molar-refractivity contribution in [1.29, 1.82) is 0 Å². The van der Waals surface area contributed by atoms with Crippen molar-refractivity contribution in [3.8, 4) is 22.9 Å². The van der Waals surface area contributed by atoms with Gasteiger partial charge in [-0.25, -0.2) is 15.0 Å². The number of hydrogen-bond acceptors (Lipinski definition) is 5. The van der Waals surface area contributed by atoms with Crippen LogP contribution in [0.15, 0.2) is 73.1 Å². The summed E-state index contributed by atoms with van der Waals surface area (Å²) in [7, 11) is 0. The molecule has 0 atom stereocenters. The first kappa shape index (κ1) is 23.9. The average Bonchev–Trinajstić information content (AvgIpc) is 2.85. The standard InChI is InChI=1S/C26H21F3N4O2/c1-3-23-30-13-11-22(32-23)20-8-5-12-31-25(20)35-19-9-10-21(16(2)14-19)33-24(34)17-6-4-7-18(15-17)26(27,28)29/h4-15H,3H2,1-2H3,(H,33,34). The minimum absolute atomic E-state index is 0.0889. The molecule has 1 N–H and O–H groups in total. The van der Waals surface area contributed by atoms with E-state index in [-0.39, 0.29) is 5.56 Å². The fourth-order valence-corrected chi connectivity index (χ4v) is 3.37. The SMILES string of the molecule is CCc1nccc(-c2cccnc2Oc2ccc(NC(=O)c3cccc(C(F)(F)F)c3)c(C)c2)n1. The number of amides is 1. The molecule has 0 aliphatic rings. The van der Waals surface area contributed by atoms with E-state index in [2.05, 4.69) is 20.3 Å². The van der Waals surface area contributed by atoms with Crippen molar-refractivity contribution in [3.05, 3.63) is 95.6 Å². The molecular weight excluding hydrogens is 457 g/mol. The Morgan fingerprint density at radius 3 is 2.57 bits per heavy atom. The lowest BCUT2D eigenvalue weighted by atomic mass is 10.1. The van der Waals surface area contributed by atoms with Crippen molar-refractivity contribution >= 4 is 11.6 Å². The minimum Gasteiger partial charge on any atom is -0.438 e. The second-order valence-electron chi connectivity index (χ2n) is 7.68. The topological polar surface area (TPSA) is 77.0 Å². The van der Waals surface area contributed by atoms with Crippen molar-refractivity contribution in [2.75, 3.05) is 5.32 Å². The van der Waals surface area contributed by atoms with Gasteiger partial charge in [0.05, 0.1) is 16.8 Å². The molecule has 2 aromatic heterocycles. The number of carbonyl (C=O) groups excluding carboxylic acids is 1. The van der Waals surface area contributed by atoms with Crippen LogP contribution < -0.4 is 10.1 Å². The fourth-order valence-electron chi connectivity index (χ4n) is 3.37. The van der Waals surface area contributed by atoms with Gasteiger partial charge in [-0.05, 0) is 67.1 Å². The monoisotopic (exact) mass is 478 g/mol. The molecule has 4 rings (SSSR count). The highest BCUT2D eigenvalue weighted by molar-refractivity contribution is 6.04. The van der Waals surface area contributed by atoms with Gasteiger partial charge in [-0.15, -0.1) is 0 Å². The molecule has 4 aromatic rings. The third kappa shape index (κ3) is 5.63. The number of aryl methyl sites for hydroxylation is 2. The Bertz CT molecular complexity index is 1370. The van der Waals surface area contributed by atoms with Gasteiger partial charge in [0.2, 0.25) is 5.88 Å². The predicted octanol–water partition coefficient (Wildman–Crippen LogP) is 6.47. The van der Waals surface area contributed by atoms with Crippen molar-refractivity contribution in [1.82, 2.24) is 15.0 Å². The molecule has 0 fully saturated rings. The molecule has 35 heavy (non-hydrogen) atoms. The molecule has 0 saturated carbocycles. The highest BCUT2D eigenvalue weighted by Gasteiger charge is 2.31. The molecule has 0 saturated heterocycles. The van der Waals surface area contributed by atoms with E-state index in [1.807, 2.05) is 13.0 Å². The maximum atomic E-state index is 13.0. The van der Waals surface area contributed by atoms with E-state index in [4.69, 9.17) is 4.74 Å². The summed E-state index contributed by atoms with van der Waals surface area (Å²) < 4.78 is 44.9. The minimum atomic E-state index is -4.53. The van der Waals surface area contributed by atoms with Gasteiger partial charge in [0.1, 0.15) is 11.6 Å². The quantitative estimate of drug-likeness (QED) is 0.344. The van der Waals surface area contributed by atoms with Crippen LogP contribution in [0.4, 0.5) is 18.9 Å². The molecule has 2 aromatic carbocycles. The summed E-state index contributed by atoms with van der Waals surface area (Å²) in [5.74, 6) is 0.891. The Morgan fingerprint density at radius 1 is 1.00 bits per heavy atom. The summed E-state index contributed by atoms with van der Waals surface area (Å²) in [6.07, 6.45) is -0.544. The van der Waals surface area contributed by atoms with E-state index < -0.39 is 17.6 Å². The number of hydrogen-bond donors (Lipinski definition) is 1. The Kier molecular flexibility index (Phi) is 6.77. The molecule has 0 unspecified atom stereocenters. The summed E-state index contributed by atoms with van der Waals surface area (Å²) in [4.78, 5) is 25.6. The second kappa shape index (κ2) is 9.92. The average molecular weight is 478 g/mol. The van der Waals surface area contributed by atoms with Gasteiger partial charge < -0.3 is 10.1 Å². The molecule has 0 spiro atoms. The lowest BCUT2D eigenvalue weighted by Crippen LogP contribution is -2.14. The second-order valence-corrected chi connectivity index (χ2v) is 7.68. The first-order valence-electron chi connectivity index (χ1n) is 10.8. The zero-order valence-corrected chi connectivity index (χ0v) is 18.9.